The number of hydrogen-bond acceptors (Lipinski definition) is 3. The van der Waals surface area contributed by atoms with Crippen molar-refractivity contribution in [3.8, 4) is 0 Å². The molecule has 0 spiro atoms. The standard InChI is InChI=1S/C22H18ClFN2O3S/c23-19-6-2-1-5-17(19)14-25-15-22(27)26(13-16-9-11-18(24)12-10-16)20-7-3-4-8-21(20)30(25,28)29/h1-12H,13-15H2. The molecule has 154 valence electrons. The predicted molar refractivity (Wildman–Crippen MR) is 113 cm³/mol. The maximum Gasteiger partial charge on any atom is 0.245 e. The average molecular weight is 445 g/mol. The van der Waals surface area contributed by atoms with Crippen LogP contribution >= 0.6 is 11.6 Å². The second kappa shape index (κ2) is 8.18. The van der Waals surface area contributed by atoms with Gasteiger partial charge in [-0.05, 0) is 41.5 Å². The molecule has 0 atom stereocenters. The Balaban J connectivity index is 1.75. The molecule has 0 unspecified atom stereocenters. The largest absolute Gasteiger partial charge is 0.305 e. The summed E-state index contributed by atoms with van der Waals surface area (Å²) >= 11 is 6.22. The van der Waals surface area contributed by atoms with Crippen molar-refractivity contribution in [2.75, 3.05) is 11.4 Å². The van der Waals surface area contributed by atoms with Crippen molar-refractivity contribution in [3.05, 3.63) is 94.8 Å². The van der Waals surface area contributed by atoms with Crippen molar-refractivity contribution in [1.29, 1.82) is 0 Å². The van der Waals surface area contributed by atoms with Crippen molar-refractivity contribution in [2.24, 2.45) is 0 Å². The van der Waals surface area contributed by atoms with Crippen LogP contribution in [0.5, 0.6) is 0 Å². The number of halogens is 2. The molecule has 1 heterocycles. The predicted octanol–water partition coefficient (Wildman–Crippen LogP) is 4.22. The van der Waals surface area contributed by atoms with Gasteiger partial charge in [-0.2, -0.15) is 4.31 Å². The first-order chi connectivity index (χ1) is 14.4. The van der Waals surface area contributed by atoms with Crippen LogP contribution in [0.25, 0.3) is 0 Å². The van der Waals surface area contributed by atoms with Gasteiger partial charge in [-0.1, -0.05) is 54.1 Å². The topological polar surface area (TPSA) is 57.7 Å². The lowest BCUT2D eigenvalue weighted by molar-refractivity contribution is -0.119. The van der Waals surface area contributed by atoms with E-state index in [1.807, 2.05) is 0 Å². The highest BCUT2D eigenvalue weighted by Gasteiger charge is 2.36. The molecule has 0 radical (unpaired) electrons. The van der Waals surface area contributed by atoms with E-state index in [1.54, 1.807) is 54.6 Å². The average Bonchev–Trinajstić information content (AvgIpc) is 2.80. The van der Waals surface area contributed by atoms with Gasteiger partial charge in [0, 0.05) is 11.6 Å². The third-order valence-electron chi connectivity index (χ3n) is 4.95. The molecule has 1 aliphatic heterocycles. The molecule has 3 aromatic carbocycles. The highest BCUT2D eigenvalue weighted by atomic mass is 35.5. The second-order valence-electron chi connectivity index (χ2n) is 6.94. The minimum atomic E-state index is -3.95. The number of nitrogens with zero attached hydrogens (tertiary/aromatic N) is 2. The van der Waals surface area contributed by atoms with Crippen LogP contribution < -0.4 is 4.90 Å². The smallest absolute Gasteiger partial charge is 0.245 e. The quantitative estimate of drug-likeness (QED) is 0.605. The Morgan fingerprint density at radius 1 is 0.900 bits per heavy atom. The zero-order valence-electron chi connectivity index (χ0n) is 15.8. The van der Waals surface area contributed by atoms with E-state index in [2.05, 4.69) is 0 Å². The van der Waals surface area contributed by atoms with Gasteiger partial charge in [0.25, 0.3) is 0 Å². The molecule has 4 rings (SSSR count). The molecule has 0 aliphatic carbocycles. The molecular formula is C22H18ClFN2O3S. The summed E-state index contributed by atoms with van der Waals surface area (Å²) in [6, 6.07) is 19.1. The van der Waals surface area contributed by atoms with Crippen LogP contribution in [-0.4, -0.2) is 25.2 Å². The molecule has 3 aromatic rings. The summed E-state index contributed by atoms with van der Waals surface area (Å²) in [7, 11) is -3.95. The minimum Gasteiger partial charge on any atom is -0.305 e. The second-order valence-corrected chi connectivity index (χ2v) is 9.25. The molecular weight excluding hydrogens is 427 g/mol. The van der Waals surface area contributed by atoms with E-state index in [4.69, 9.17) is 11.6 Å². The molecule has 1 amide bonds. The fourth-order valence-electron chi connectivity index (χ4n) is 3.40. The van der Waals surface area contributed by atoms with Gasteiger partial charge in [0.15, 0.2) is 0 Å². The fraction of sp³-hybridized carbons (Fsp3) is 0.136. The van der Waals surface area contributed by atoms with E-state index in [1.165, 1.54) is 23.1 Å². The molecule has 0 saturated heterocycles. The number of para-hydroxylation sites is 1. The summed E-state index contributed by atoms with van der Waals surface area (Å²) in [6.07, 6.45) is 0. The number of anilines is 1. The number of sulfonamides is 1. The molecule has 0 fully saturated rings. The Morgan fingerprint density at radius 3 is 2.30 bits per heavy atom. The van der Waals surface area contributed by atoms with Gasteiger partial charge >= 0.3 is 0 Å². The van der Waals surface area contributed by atoms with Crippen LogP contribution in [0, 0.1) is 5.82 Å². The highest BCUT2D eigenvalue weighted by molar-refractivity contribution is 7.89. The molecule has 8 heteroatoms. The van der Waals surface area contributed by atoms with Gasteiger partial charge in [0.2, 0.25) is 15.9 Å². The van der Waals surface area contributed by atoms with E-state index >= 15 is 0 Å². The number of hydrogen-bond donors (Lipinski definition) is 0. The van der Waals surface area contributed by atoms with Gasteiger partial charge in [-0.3, -0.25) is 4.79 Å². The van der Waals surface area contributed by atoms with E-state index in [0.29, 0.717) is 21.8 Å². The number of carbonyl (C=O) groups is 1. The van der Waals surface area contributed by atoms with Gasteiger partial charge in [0.05, 0.1) is 18.8 Å². The Morgan fingerprint density at radius 2 is 1.57 bits per heavy atom. The normalized spacial score (nSPS) is 16.2. The summed E-state index contributed by atoms with van der Waals surface area (Å²) in [6.45, 7) is -0.221. The SMILES string of the molecule is O=C1CN(Cc2ccccc2Cl)S(=O)(=O)c2ccccc2N1Cc1ccc(F)cc1. The van der Waals surface area contributed by atoms with Crippen molar-refractivity contribution < 1.29 is 17.6 Å². The van der Waals surface area contributed by atoms with E-state index < -0.39 is 10.0 Å². The van der Waals surface area contributed by atoms with Crippen molar-refractivity contribution in [1.82, 2.24) is 4.31 Å². The molecule has 1 aliphatic rings. The van der Waals surface area contributed by atoms with Crippen LogP contribution in [0.15, 0.2) is 77.7 Å². The highest BCUT2D eigenvalue weighted by Crippen LogP contribution is 2.33. The third-order valence-corrected chi connectivity index (χ3v) is 7.15. The van der Waals surface area contributed by atoms with E-state index in [9.17, 15) is 17.6 Å². The minimum absolute atomic E-state index is 0.0214. The Hall–Kier alpha value is -2.74. The number of fused-ring (bicyclic) bond motifs is 1. The summed E-state index contributed by atoms with van der Waals surface area (Å²) in [4.78, 5) is 14.6. The summed E-state index contributed by atoms with van der Waals surface area (Å²) in [5, 5.41) is 0.431. The third kappa shape index (κ3) is 3.96. The van der Waals surface area contributed by atoms with Crippen LogP contribution in [0.4, 0.5) is 10.1 Å². The Labute approximate surface area is 179 Å². The maximum absolute atomic E-state index is 13.4. The lowest BCUT2D eigenvalue weighted by Crippen LogP contribution is -2.38. The number of carbonyl (C=O) groups excluding carboxylic acids is 1. The molecule has 0 N–H and O–H groups in total. The Bertz CT molecular complexity index is 1200. The Kier molecular flexibility index (Phi) is 5.60. The zero-order valence-corrected chi connectivity index (χ0v) is 17.4. The lowest BCUT2D eigenvalue weighted by Gasteiger charge is -2.22. The zero-order chi connectivity index (χ0) is 21.3. The van der Waals surface area contributed by atoms with Gasteiger partial charge in [0.1, 0.15) is 10.7 Å². The van der Waals surface area contributed by atoms with E-state index in [0.717, 1.165) is 4.31 Å². The monoisotopic (exact) mass is 444 g/mol. The summed E-state index contributed by atoms with van der Waals surface area (Å²) in [5.41, 5.74) is 1.60. The van der Waals surface area contributed by atoms with Gasteiger partial charge in [-0.15, -0.1) is 0 Å². The van der Waals surface area contributed by atoms with Crippen molar-refractivity contribution in [3.63, 3.8) is 0 Å². The van der Waals surface area contributed by atoms with Crippen molar-refractivity contribution in [2.45, 2.75) is 18.0 Å². The van der Waals surface area contributed by atoms with E-state index in [-0.39, 0.29) is 36.3 Å². The van der Waals surface area contributed by atoms with Crippen molar-refractivity contribution >= 4 is 33.2 Å². The maximum atomic E-state index is 13.4. The number of benzene rings is 3. The number of rotatable bonds is 4. The van der Waals surface area contributed by atoms with Gasteiger partial charge in [-0.25, -0.2) is 12.8 Å². The lowest BCUT2D eigenvalue weighted by atomic mass is 10.2. The van der Waals surface area contributed by atoms with Crippen LogP contribution in [-0.2, 0) is 27.9 Å². The first-order valence-corrected chi connectivity index (χ1v) is 11.1. The summed E-state index contributed by atoms with van der Waals surface area (Å²) < 4.78 is 41.2. The molecule has 30 heavy (non-hydrogen) atoms. The molecule has 0 aromatic heterocycles. The van der Waals surface area contributed by atoms with Crippen LogP contribution in [0.1, 0.15) is 11.1 Å². The van der Waals surface area contributed by atoms with Crippen LogP contribution in [0.2, 0.25) is 5.02 Å². The number of amides is 1. The van der Waals surface area contributed by atoms with Crippen LogP contribution in [0.3, 0.4) is 0 Å². The summed E-state index contributed by atoms with van der Waals surface area (Å²) in [5.74, 6) is -0.755. The fourth-order valence-corrected chi connectivity index (χ4v) is 5.15. The first kappa shape index (κ1) is 20.5. The van der Waals surface area contributed by atoms with Gasteiger partial charge < -0.3 is 4.90 Å². The molecule has 0 saturated carbocycles. The molecule has 5 nitrogen and oxygen atoms in total. The molecule has 0 bridgehead atoms. The first-order valence-electron chi connectivity index (χ1n) is 9.23.